The summed E-state index contributed by atoms with van der Waals surface area (Å²) in [5.41, 5.74) is 0.786. The van der Waals surface area contributed by atoms with Crippen LogP contribution in [-0.2, 0) is 4.79 Å². The molecule has 1 aromatic carbocycles. The van der Waals surface area contributed by atoms with Crippen LogP contribution in [0, 0.1) is 0 Å². The first-order valence-corrected chi connectivity index (χ1v) is 9.87. The van der Waals surface area contributed by atoms with Gasteiger partial charge in [-0.1, -0.05) is 6.92 Å². The lowest BCUT2D eigenvalue weighted by Gasteiger charge is -2.44. The molecule has 1 unspecified atom stereocenters. The largest absolute Gasteiger partial charge is 0.497 e. The molecule has 6 nitrogen and oxygen atoms in total. The van der Waals surface area contributed by atoms with Gasteiger partial charge in [0, 0.05) is 30.5 Å². The van der Waals surface area contributed by atoms with Crippen molar-refractivity contribution in [2.75, 3.05) is 26.7 Å². The molecule has 4 rings (SSSR count). The molecule has 1 spiro atoms. The molecule has 2 aliphatic heterocycles. The number of amides is 2. The number of H-pyrrole nitrogens is 1. The van der Waals surface area contributed by atoms with Gasteiger partial charge in [-0.05, 0) is 56.4 Å². The first-order valence-electron chi connectivity index (χ1n) is 9.87. The number of hydrogen-bond acceptors (Lipinski definition) is 3. The Hall–Kier alpha value is -2.50. The first-order chi connectivity index (χ1) is 13.1. The summed E-state index contributed by atoms with van der Waals surface area (Å²) in [5, 5.41) is 0.938. The average Bonchev–Trinajstić information content (AvgIpc) is 3.29. The minimum atomic E-state index is -0.653. The van der Waals surface area contributed by atoms with Crippen molar-refractivity contribution in [1.82, 2.24) is 14.8 Å². The summed E-state index contributed by atoms with van der Waals surface area (Å²) in [4.78, 5) is 33.6. The van der Waals surface area contributed by atoms with Gasteiger partial charge in [0.25, 0.3) is 5.91 Å². The number of carbonyl (C=O) groups is 2. The van der Waals surface area contributed by atoms with E-state index >= 15 is 0 Å². The van der Waals surface area contributed by atoms with Crippen LogP contribution in [0.25, 0.3) is 10.9 Å². The molecule has 2 amide bonds. The van der Waals surface area contributed by atoms with E-state index in [2.05, 4.69) is 11.9 Å². The topological polar surface area (TPSA) is 65.6 Å². The van der Waals surface area contributed by atoms with Crippen LogP contribution in [0.2, 0.25) is 0 Å². The normalized spacial score (nSPS) is 22.8. The Labute approximate surface area is 159 Å². The van der Waals surface area contributed by atoms with Gasteiger partial charge in [-0.25, -0.2) is 0 Å². The lowest BCUT2D eigenvalue weighted by atomic mass is 9.85. The summed E-state index contributed by atoms with van der Waals surface area (Å²) in [6.07, 6.45) is 4.32. The molecule has 2 aliphatic rings. The number of fused-ring (bicyclic) bond motifs is 1. The summed E-state index contributed by atoms with van der Waals surface area (Å²) in [6, 6.07) is 7.57. The van der Waals surface area contributed by atoms with Gasteiger partial charge in [0.05, 0.1) is 7.11 Å². The zero-order valence-electron chi connectivity index (χ0n) is 16.1. The number of aromatic nitrogens is 1. The monoisotopic (exact) mass is 369 g/mol. The number of piperidine rings is 1. The third kappa shape index (κ3) is 2.87. The maximum atomic E-state index is 13.3. The molecule has 0 radical (unpaired) electrons. The number of hydrogen-bond donors (Lipinski definition) is 1. The number of aromatic amines is 1. The number of nitrogens with one attached hydrogen (secondary N) is 1. The van der Waals surface area contributed by atoms with Crippen LogP contribution in [0.4, 0.5) is 0 Å². The third-order valence-corrected chi connectivity index (χ3v) is 5.99. The van der Waals surface area contributed by atoms with Crippen molar-refractivity contribution in [3.8, 4) is 5.75 Å². The molecule has 3 heterocycles. The molecular weight excluding hydrogens is 342 g/mol. The smallest absolute Gasteiger partial charge is 0.271 e. The minimum absolute atomic E-state index is 0.0747. The molecule has 1 aromatic heterocycles. The van der Waals surface area contributed by atoms with E-state index in [-0.39, 0.29) is 11.8 Å². The van der Waals surface area contributed by atoms with Crippen LogP contribution in [0.15, 0.2) is 24.3 Å². The van der Waals surface area contributed by atoms with E-state index in [9.17, 15) is 9.59 Å². The molecule has 0 saturated carbocycles. The van der Waals surface area contributed by atoms with Gasteiger partial charge in [0.1, 0.15) is 17.0 Å². The Bertz CT molecular complexity index is 873. The summed E-state index contributed by atoms with van der Waals surface area (Å²) in [6.45, 7) is 4.31. The van der Waals surface area contributed by atoms with E-state index in [1.54, 1.807) is 7.11 Å². The van der Waals surface area contributed by atoms with Gasteiger partial charge in [0.2, 0.25) is 5.91 Å². The van der Waals surface area contributed by atoms with Crippen LogP contribution in [0.1, 0.15) is 49.5 Å². The zero-order valence-corrected chi connectivity index (χ0v) is 16.1. The van der Waals surface area contributed by atoms with Crippen molar-refractivity contribution in [3.63, 3.8) is 0 Å². The second kappa shape index (κ2) is 6.91. The van der Waals surface area contributed by atoms with E-state index in [1.165, 1.54) is 0 Å². The van der Waals surface area contributed by atoms with E-state index < -0.39 is 5.54 Å². The van der Waals surface area contributed by atoms with Crippen molar-refractivity contribution in [3.05, 3.63) is 30.0 Å². The zero-order chi connectivity index (χ0) is 19.0. The molecule has 0 aliphatic carbocycles. The summed E-state index contributed by atoms with van der Waals surface area (Å²) in [5.74, 6) is 0.824. The second-order valence-corrected chi connectivity index (χ2v) is 7.62. The standard InChI is InChI=1S/C21H27N3O3/c1-3-10-23-11-4-8-21(20(23)26)9-5-12-24(21)19(25)18-14-15-13-16(27-2)6-7-17(15)22-18/h6-7,13-14,22H,3-5,8-12H2,1-2H3. The van der Waals surface area contributed by atoms with Gasteiger partial charge in [-0.3, -0.25) is 9.59 Å². The van der Waals surface area contributed by atoms with Crippen LogP contribution in [0.5, 0.6) is 5.75 Å². The van der Waals surface area contributed by atoms with Gasteiger partial charge in [-0.2, -0.15) is 0 Å². The highest BCUT2D eigenvalue weighted by Gasteiger charge is 2.52. The van der Waals surface area contributed by atoms with Gasteiger partial charge in [-0.15, -0.1) is 0 Å². The predicted octanol–water partition coefficient (Wildman–Crippen LogP) is 3.18. The van der Waals surface area contributed by atoms with Crippen LogP contribution in [0.3, 0.4) is 0 Å². The SMILES string of the molecule is CCCN1CCCC2(CCCN2C(=O)c2cc3cc(OC)ccc3[nH]2)C1=O. The number of rotatable bonds is 4. The number of benzene rings is 1. The molecule has 1 N–H and O–H groups in total. The highest BCUT2D eigenvalue weighted by atomic mass is 16.5. The highest BCUT2D eigenvalue weighted by Crippen LogP contribution is 2.39. The van der Waals surface area contributed by atoms with Gasteiger partial charge < -0.3 is 19.5 Å². The van der Waals surface area contributed by atoms with Crippen LogP contribution in [-0.4, -0.2) is 58.9 Å². The predicted molar refractivity (Wildman–Crippen MR) is 104 cm³/mol. The summed E-state index contributed by atoms with van der Waals surface area (Å²) < 4.78 is 5.27. The minimum Gasteiger partial charge on any atom is -0.497 e. The number of methoxy groups -OCH3 is 1. The van der Waals surface area contributed by atoms with E-state index in [4.69, 9.17) is 4.74 Å². The van der Waals surface area contributed by atoms with E-state index in [0.717, 1.165) is 61.8 Å². The highest BCUT2D eigenvalue weighted by molar-refractivity contribution is 6.02. The Morgan fingerprint density at radius 2 is 2.00 bits per heavy atom. The van der Waals surface area contributed by atoms with Gasteiger partial charge >= 0.3 is 0 Å². The van der Waals surface area contributed by atoms with Crippen LogP contribution < -0.4 is 4.74 Å². The first kappa shape index (κ1) is 17.9. The fraction of sp³-hybridized carbons (Fsp3) is 0.524. The van der Waals surface area contributed by atoms with Crippen molar-refractivity contribution < 1.29 is 14.3 Å². The van der Waals surface area contributed by atoms with Crippen molar-refractivity contribution >= 4 is 22.7 Å². The average molecular weight is 369 g/mol. The maximum absolute atomic E-state index is 13.3. The lowest BCUT2D eigenvalue weighted by molar-refractivity contribution is -0.145. The molecule has 2 saturated heterocycles. The molecule has 2 aromatic rings. The maximum Gasteiger partial charge on any atom is 0.271 e. The molecule has 1 atom stereocenters. The summed E-state index contributed by atoms with van der Waals surface area (Å²) >= 11 is 0. The second-order valence-electron chi connectivity index (χ2n) is 7.62. The Balaban J connectivity index is 1.65. The summed E-state index contributed by atoms with van der Waals surface area (Å²) in [7, 11) is 1.63. The number of nitrogens with zero attached hydrogens (tertiary/aromatic N) is 2. The molecule has 144 valence electrons. The van der Waals surface area contributed by atoms with E-state index in [1.807, 2.05) is 34.1 Å². The molecule has 2 fully saturated rings. The number of ether oxygens (including phenoxy) is 1. The van der Waals surface area contributed by atoms with Crippen LogP contribution >= 0.6 is 0 Å². The fourth-order valence-electron chi connectivity index (χ4n) is 4.70. The van der Waals surface area contributed by atoms with Crippen molar-refractivity contribution in [2.24, 2.45) is 0 Å². The Kier molecular flexibility index (Phi) is 4.58. The lowest BCUT2D eigenvalue weighted by Crippen LogP contribution is -2.61. The third-order valence-electron chi connectivity index (χ3n) is 5.99. The van der Waals surface area contributed by atoms with E-state index in [0.29, 0.717) is 12.2 Å². The quantitative estimate of drug-likeness (QED) is 0.900. The number of likely N-dealkylation sites (tertiary alicyclic amines) is 2. The molecular formula is C21H27N3O3. The fourth-order valence-corrected chi connectivity index (χ4v) is 4.70. The van der Waals surface area contributed by atoms with Gasteiger partial charge in [0.15, 0.2) is 0 Å². The van der Waals surface area contributed by atoms with Crippen molar-refractivity contribution in [2.45, 2.75) is 44.6 Å². The van der Waals surface area contributed by atoms with Crippen molar-refractivity contribution in [1.29, 1.82) is 0 Å². The molecule has 0 bridgehead atoms. The Morgan fingerprint density at radius 3 is 2.74 bits per heavy atom. The molecule has 27 heavy (non-hydrogen) atoms. The molecule has 6 heteroatoms. The Morgan fingerprint density at radius 1 is 1.22 bits per heavy atom. The number of carbonyl (C=O) groups excluding carboxylic acids is 2.